The van der Waals surface area contributed by atoms with Crippen LogP contribution in [-0.2, 0) is 34.1 Å². The highest BCUT2D eigenvalue weighted by Gasteiger charge is 2.22. The molecule has 14 heteroatoms. The van der Waals surface area contributed by atoms with Crippen molar-refractivity contribution in [1.82, 2.24) is 0 Å². The van der Waals surface area contributed by atoms with Gasteiger partial charge in [-0.25, -0.2) is 9.59 Å². The minimum atomic E-state index is -1.48. The number of benzene rings is 4. The van der Waals surface area contributed by atoms with E-state index in [-0.39, 0.29) is 56.1 Å². The second kappa shape index (κ2) is 23.8. The number of rotatable bonds is 10. The number of aromatic carboxylic acids is 3. The van der Waals surface area contributed by atoms with Gasteiger partial charge < -0.3 is 45.6 Å². The third-order valence-corrected chi connectivity index (χ3v) is 8.14. The summed E-state index contributed by atoms with van der Waals surface area (Å²) < 4.78 is 9.81. The average molecular weight is 788 g/mol. The number of phenolic OH excluding ortho intramolecular Hbond substituents is 1. The predicted octanol–water partition coefficient (Wildman–Crippen LogP) is 4.36. The number of ether oxygens (including phenoxy) is 1. The highest BCUT2D eigenvalue weighted by atomic mass is 16.5. The van der Waals surface area contributed by atoms with Crippen LogP contribution >= 0.6 is 0 Å². The van der Waals surface area contributed by atoms with Crippen LogP contribution in [0, 0.1) is 0 Å². The number of carboxylic acid groups (broad SMARTS) is 3. The topological polar surface area (TPSA) is 263 Å². The molecule has 302 valence electrons. The van der Waals surface area contributed by atoms with E-state index in [0.717, 1.165) is 24.0 Å². The number of carbonyl (C=O) groups excluding carboxylic acids is 4. The fraction of sp³-hybridized carbons (Fsp3) is 0.209. The molecule has 0 spiro atoms. The van der Waals surface area contributed by atoms with Gasteiger partial charge in [-0.1, -0.05) is 69.3 Å². The number of carbonyl (C=O) groups is 5. The first-order valence-corrected chi connectivity index (χ1v) is 17.2. The van der Waals surface area contributed by atoms with E-state index in [0.29, 0.717) is 18.0 Å². The Balaban J connectivity index is 0.000000400. The van der Waals surface area contributed by atoms with Crippen molar-refractivity contribution in [2.24, 2.45) is 0 Å². The molecule has 0 aliphatic heterocycles. The van der Waals surface area contributed by atoms with Gasteiger partial charge in [0.1, 0.15) is 5.75 Å². The van der Waals surface area contributed by atoms with Crippen molar-refractivity contribution in [2.75, 3.05) is 14.2 Å². The van der Waals surface area contributed by atoms with E-state index < -0.39 is 30.3 Å². The van der Waals surface area contributed by atoms with E-state index in [9.17, 15) is 49.5 Å². The van der Waals surface area contributed by atoms with Gasteiger partial charge in [0.05, 0.1) is 36.4 Å². The highest BCUT2D eigenvalue weighted by molar-refractivity contribution is 6.46. The Kier molecular flexibility index (Phi) is 20.1. The highest BCUT2D eigenvalue weighted by Crippen LogP contribution is 2.29. The normalized spacial score (nSPS) is 11.9. The van der Waals surface area contributed by atoms with E-state index >= 15 is 0 Å². The molecule has 0 saturated heterocycles. The molecule has 8 N–H and O–H groups in total. The second-order valence-electron chi connectivity index (χ2n) is 11.7. The fourth-order valence-corrected chi connectivity index (χ4v) is 4.99. The Bertz CT molecular complexity index is 2110. The van der Waals surface area contributed by atoms with Crippen molar-refractivity contribution >= 4 is 35.3 Å². The molecule has 0 radical (unpaired) electrons. The maximum absolute atomic E-state index is 12.6. The van der Waals surface area contributed by atoms with E-state index in [2.05, 4.69) is 6.92 Å². The maximum atomic E-state index is 12.6. The minimum absolute atomic E-state index is 0. The van der Waals surface area contributed by atoms with Gasteiger partial charge in [0.25, 0.3) is 12.9 Å². The number of methoxy groups -OCH3 is 1. The summed E-state index contributed by atoms with van der Waals surface area (Å²) in [5.41, 5.74) is 2.64. The third-order valence-electron chi connectivity index (χ3n) is 8.14. The van der Waals surface area contributed by atoms with E-state index in [1.165, 1.54) is 67.3 Å². The number of ketones is 3. The smallest absolute Gasteiger partial charge is 0.390 e. The zero-order valence-corrected chi connectivity index (χ0v) is 32.1. The lowest BCUT2D eigenvalue weighted by Gasteiger charge is -2.11. The van der Waals surface area contributed by atoms with Crippen LogP contribution in [0.5, 0.6) is 17.2 Å². The molecule has 0 fully saturated rings. The number of carboxylic acids is 3. The number of allylic oxidation sites excluding steroid dienone is 4. The lowest BCUT2D eigenvalue weighted by molar-refractivity contribution is -0.417. The number of aliphatic hydroxyl groups excluding tert-OH is 1. The number of aliphatic hydroxyl groups is 1. The third kappa shape index (κ3) is 13.7. The Hall–Kier alpha value is -6.90. The molecule has 4 aromatic rings. The second-order valence-corrected chi connectivity index (χ2v) is 11.7. The molecule has 0 aromatic heterocycles. The summed E-state index contributed by atoms with van der Waals surface area (Å²) in [6.45, 7) is 5.58. The van der Waals surface area contributed by atoms with E-state index in [4.69, 9.17) is 14.3 Å². The average Bonchev–Trinajstić information content (AvgIpc) is 3.21. The van der Waals surface area contributed by atoms with Gasteiger partial charge in [-0.3, -0.25) is 14.0 Å². The Morgan fingerprint density at radius 2 is 1.26 bits per heavy atom. The van der Waals surface area contributed by atoms with Gasteiger partial charge in [0.15, 0.2) is 17.3 Å². The van der Waals surface area contributed by atoms with Crippen LogP contribution in [0.15, 0.2) is 103 Å². The number of aryl methyl sites for hydroxylation is 2. The summed E-state index contributed by atoms with van der Waals surface area (Å²) in [5, 5.41) is 56.7. The summed E-state index contributed by atoms with van der Waals surface area (Å²) in [4.78, 5) is 55.6. The number of hydrogen-bond donors (Lipinski definition) is 5. The predicted molar refractivity (Wildman–Crippen MR) is 210 cm³/mol. The molecule has 5 rings (SSSR count). The maximum Gasteiger partial charge on any atom is 0.390 e. The monoisotopic (exact) mass is 787 g/mol. The Morgan fingerprint density at radius 1 is 0.719 bits per heavy atom. The number of phenols is 2. The lowest BCUT2D eigenvalue weighted by Crippen LogP contribution is -2.24. The van der Waals surface area contributed by atoms with Gasteiger partial charge >= 0.3 is 17.7 Å². The van der Waals surface area contributed by atoms with Gasteiger partial charge in [0.2, 0.25) is 0 Å². The molecule has 1 aliphatic rings. The summed E-state index contributed by atoms with van der Waals surface area (Å²) in [6.07, 6.45) is 7.65. The first kappa shape index (κ1) is 48.1. The van der Waals surface area contributed by atoms with Crippen LogP contribution in [-0.4, -0.2) is 75.0 Å². The largest absolute Gasteiger partial charge is 0.545 e. The molecule has 14 nitrogen and oxygen atoms in total. The number of aromatic hydroxyl groups is 2. The first-order chi connectivity index (χ1) is 26.7. The quantitative estimate of drug-likeness (QED) is 0.0650. The molecule has 0 amide bonds. The van der Waals surface area contributed by atoms with Gasteiger partial charge in [-0.15, -0.1) is 0 Å². The van der Waals surface area contributed by atoms with Crippen molar-refractivity contribution in [1.29, 1.82) is 0 Å². The SMILES string of the molecule is CCC1=CC(=[O+]C)C(=O)C=C1.CCc1cc(CO)c(O)c(C(=O)c2ccccc2C(=O)O)c1.CCc1ccc(O)c(OC)c1.O=C([O-])c1ccccc1C(=O)O.[OH3+]. The van der Waals surface area contributed by atoms with Crippen LogP contribution < -0.4 is 9.84 Å². The van der Waals surface area contributed by atoms with Gasteiger partial charge in [0, 0.05) is 22.8 Å². The molecule has 0 bridgehead atoms. The molecule has 0 saturated carbocycles. The Morgan fingerprint density at radius 3 is 1.72 bits per heavy atom. The molecule has 1 aliphatic carbocycles. The standard InChI is InChI=1S/C17H16O5.C9H12O2.C9H11O2.C8H6O4.H2O/c1-2-10-7-11(9-18)15(19)14(8-10)16(20)12-5-3-4-6-13(12)17(21)22;2*1-3-7-4-5-8(10)9(6-7)11-2;9-7(10)5-3-1-2-4-6(5)8(11)12;/h3-8,18-19H,2,9H2,1H3,(H,21,22);4-6,10H,3H2,1-2H3;4-6H,3H2,1-2H3;1-4H,(H,9,10)(H,11,12);1H2/q;;+1;;. The van der Waals surface area contributed by atoms with Crippen molar-refractivity contribution < 1.29 is 69.2 Å². The van der Waals surface area contributed by atoms with Crippen LogP contribution in [0.3, 0.4) is 0 Å². The molecule has 57 heavy (non-hydrogen) atoms. The minimum Gasteiger partial charge on any atom is -0.545 e. The molecule has 0 unspecified atom stereocenters. The van der Waals surface area contributed by atoms with Gasteiger partial charge in [-0.2, -0.15) is 0 Å². The lowest BCUT2D eigenvalue weighted by atomic mass is 9.94. The number of hydrogen-bond acceptors (Lipinski definition) is 10. The zero-order valence-electron chi connectivity index (χ0n) is 32.1. The van der Waals surface area contributed by atoms with Crippen LogP contribution in [0.25, 0.3) is 0 Å². The summed E-state index contributed by atoms with van der Waals surface area (Å²) >= 11 is 0. The molecule has 0 heterocycles. The molecular weight excluding hydrogens is 740 g/mol. The molecule has 4 aromatic carbocycles. The van der Waals surface area contributed by atoms with Crippen molar-refractivity contribution in [3.05, 3.63) is 147 Å². The van der Waals surface area contributed by atoms with Crippen LogP contribution in [0.1, 0.15) is 90.9 Å². The van der Waals surface area contributed by atoms with Crippen molar-refractivity contribution in [3.8, 4) is 17.2 Å². The first-order valence-electron chi connectivity index (χ1n) is 17.2. The van der Waals surface area contributed by atoms with Crippen LogP contribution in [0.4, 0.5) is 0 Å². The summed E-state index contributed by atoms with van der Waals surface area (Å²) in [5.74, 6) is -3.73. The fourth-order valence-electron chi connectivity index (χ4n) is 4.99. The zero-order chi connectivity index (χ0) is 41.9. The summed E-state index contributed by atoms with van der Waals surface area (Å²) in [7, 11) is 3.06. The van der Waals surface area contributed by atoms with Crippen LogP contribution in [0.2, 0.25) is 0 Å². The summed E-state index contributed by atoms with van der Waals surface area (Å²) in [6, 6.07) is 19.7. The van der Waals surface area contributed by atoms with Gasteiger partial charge in [-0.05, 0) is 78.4 Å². The van der Waals surface area contributed by atoms with Crippen molar-refractivity contribution in [3.63, 3.8) is 0 Å². The van der Waals surface area contributed by atoms with E-state index in [1.54, 1.807) is 31.4 Å². The van der Waals surface area contributed by atoms with E-state index in [1.807, 2.05) is 32.1 Å². The molecule has 0 atom stereocenters. The molecular formula is C43H47O14+. The Labute approximate surface area is 329 Å². The van der Waals surface area contributed by atoms with Crippen molar-refractivity contribution in [2.45, 2.75) is 46.6 Å².